The van der Waals surface area contributed by atoms with Gasteiger partial charge in [0.25, 0.3) is 0 Å². The second-order valence-corrected chi connectivity index (χ2v) is 7.08. The Morgan fingerprint density at radius 2 is 1.79 bits per heavy atom. The Kier molecular flexibility index (Phi) is 4.26. The maximum Gasteiger partial charge on any atom is 0.136 e. The van der Waals surface area contributed by atoms with Crippen LogP contribution < -0.4 is 0 Å². The monoisotopic (exact) mass is 264 g/mol. The SMILES string of the molecule is O=C(CCC1CCCC1)C1CCOC2(CCCC2)C1. The molecule has 3 aliphatic rings. The number of carbonyl (C=O) groups is 1. The van der Waals surface area contributed by atoms with E-state index in [1.54, 1.807) is 0 Å². The Bertz CT molecular complexity index is 311. The molecule has 0 aromatic carbocycles. The summed E-state index contributed by atoms with van der Waals surface area (Å²) in [5.74, 6) is 1.71. The summed E-state index contributed by atoms with van der Waals surface area (Å²) in [4.78, 5) is 12.4. The predicted octanol–water partition coefficient (Wildman–Crippen LogP) is 4.27. The largest absolute Gasteiger partial charge is 0.375 e. The zero-order valence-corrected chi connectivity index (χ0v) is 12.2. The van der Waals surface area contributed by atoms with Crippen LogP contribution in [0.2, 0.25) is 0 Å². The molecule has 1 aliphatic heterocycles. The van der Waals surface area contributed by atoms with Crippen molar-refractivity contribution in [1.82, 2.24) is 0 Å². The Morgan fingerprint density at radius 3 is 2.53 bits per heavy atom. The van der Waals surface area contributed by atoms with E-state index in [0.717, 1.165) is 38.2 Å². The minimum atomic E-state index is 0.103. The molecule has 0 N–H and O–H groups in total. The maximum absolute atomic E-state index is 12.4. The zero-order chi connectivity index (χ0) is 13.1. The Hall–Kier alpha value is -0.370. The highest BCUT2D eigenvalue weighted by Crippen LogP contribution is 2.42. The summed E-state index contributed by atoms with van der Waals surface area (Å²) >= 11 is 0. The van der Waals surface area contributed by atoms with Crippen LogP contribution in [0.1, 0.15) is 77.0 Å². The summed E-state index contributed by atoms with van der Waals surface area (Å²) in [5.41, 5.74) is 0.103. The number of hydrogen-bond donors (Lipinski definition) is 0. The van der Waals surface area contributed by atoms with Crippen LogP contribution in [-0.2, 0) is 9.53 Å². The van der Waals surface area contributed by atoms with Crippen LogP contribution in [0, 0.1) is 11.8 Å². The summed E-state index contributed by atoms with van der Waals surface area (Å²) < 4.78 is 6.03. The summed E-state index contributed by atoms with van der Waals surface area (Å²) in [6, 6.07) is 0. The van der Waals surface area contributed by atoms with Crippen molar-refractivity contribution in [2.24, 2.45) is 11.8 Å². The average molecular weight is 264 g/mol. The molecular weight excluding hydrogens is 236 g/mol. The van der Waals surface area contributed by atoms with Crippen LogP contribution in [0.3, 0.4) is 0 Å². The van der Waals surface area contributed by atoms with Gasteiger partial charge in [-0.2, -0.15) is 0 Å². The van der Waals surface area contributed by atoms with Crippen LogP contribution in [0.25, 0.3) is 0 Å². The molecule has 1 heterocycles. The van der Waals surface area contributed by atoms with Crippen molar-refractivity contribution in [1.29, 1.82) is 0 Å². The van der Waals surface area contributed by atoms with E-state index < -0.39 is 0 Å². The Balaban J connectivity index is 1.48. The van der Waals surface area contributed by atoms with Gasteiger partial charge in [-0.1, -0.05) is 38.5 Å². The Morgan fingerprint density at radius 1 is 1.05 bits per heavy atom. The van der Waals surface area contributed by atoms with Crippen LogP contribution >= 0.6 is 0 Å². The fourth-order valence-corrected chi connectivity index (χ4v) is 4.52. The number of carbonyl (C=O) groups excluding carboxylic acids is 1. The third kappa shape index (κ3) is 3.21. The molecule has 1 unspecified atom stereocenters. The summed E-state index contributed by atoms with van der Waals surface area (Å²) in [6.45, 7) is 0.819. The highest BCUT2D eigenvalue weighted by atomic mass is 16.5. The van der Waals surface area contributed by atoms with Gasteiger partial charge in [0.05, 0.1) is 5.60 Å². The van der Waals surface area contributed by atoms with E-state index in [1.807, 2.05) is 0 Å². The van der Waals surface area contributed by atoms with Crippen LogP contribution in [0.4, 0.5) is 0 Å². The molecule has 3 fully saturated rings. The van der Waals surface area contributed by atoms with Crippen molar-refractivity contribution in [3.05, 3.63) is 0 Å². The molecule has 2 aliphatic carbocycles. The highest BCUT2D eigenvalue weighted by Gasteiger charge is 2.41. The van der Waals surface area contributed by atoms with Gasteiger partial charge in [-0.25, -0.2) is 0 Å². The minimum Gasteiger partial charge on any atom is -0.375 e. The van der Waals surface area contributed by atoms with Crippen LogP contribution in [0.5, 0.6) is 0 Å². The molecular formula is C17H28O2. The lowest BCUT2D eigenvalue weighted by Crippen LogP contribution is -2.39. The van der Waals surface area contributed by atoms with Gasteiger partial charge in [0.1, 0.15) is 5.78 Å². The first-order chi connectivity index (χ1) is 9.27. The number of hydrogen-bond acceptors (Lipinski definition) is 2. The molecule has 3 rings (SSSR count). The second-order valence-electron chi connectivity index (χ2n) is 7.08. The fraction of sp³-hybridized carbons (Fsp3) is 0.941. The van der Waals surface area contributed by atoms with Gasteiger partial charge in [-0.15, -0.1) is 0 Å². The zero-order valence-electron chi connectivity index (χ0n) is 12.2. The fourth-order valence-electron chi connectivity index (χ4n) is 4.52. The Labute approximate surface area is 117 Å². The molecule has 0 amide bonds. The van der Waals surface area contributed by atoms with Crippen LogP contribution in [0.15, 0.2) is 0 Å². The second kappa shape index (κ2) is 5.95. The van der Waals surface area contributed by atoms with Gasteiger partial charge < -0.3 is 4.74 Å². The molecule has 2 nitrogen and oxygen atoms in total. The molecule has 0 radical (unpaired) electrons. The maximum atomic E-state index is 12.4. The molecule has 2 heteroatoms. The molecule has 19 heavy (non-hydrogen) atoms. The molecule has 2 saturated carbocycles. The van der Waals surface area contributed by atoms with E-state index in [0.29, 0.717) is 11.7 Å². The van der Waals surface area contributed by atoms with Gasteiger partial charge in [-0.05, 0) is 38.0 Å². The first-order valence-corrected chi connectivity index (χ1v) is 8.44. The van der Waals surface area contributed by atoms with E-state index in [1.165, 1.54) is 51.4 Å². The van der Waals surface area contributed by atoms with Crippen molar-refractivity contribution in [3.63, 3.8) is 0 Å². The molecule has 1 spiro atoms. The van der Waals surface area contributed by atoms with Gasteiger partial charge >= 0.3 is 0 Å². The van der Waals surface area contributed by atoms with Crippen molar-refractivity contribution >= 4 is 5.78 Å². The van der Waals surface area contributed by atoms with Gasteiger partial charge in [-0.3, -0.25) is 4.79 Å². The normalized spacial score (nSPS) is 31.1. The molecule has 1 atom stereocenters. The average Bonchev–Trinajstić information content (AvgIpc) is 3.08. The molecule has 108 valence electrons. The van der Waals surface area contributed by atoms with Gasteiger partial charge in [0.15, 0.2) is 0 Å². The number of Topliss-reactive ketones (excluding diaryl/α,β-unsaturated/α-hetero) is 1. The summed E-state index contributed by atoms with van der Waals surface area (Å²) in [7, 11) is 0. The van der Waals surface area contributed by atoms with E-state index in [9.17, 15) is 4.79 Å². The summed E-state index contributed by atoms with van der Waals surface area (Å²) in [6.07, 6.45) is 14.5. The summed E-state index contributed by atoms with van der Waals surface area (Å²) in [5, 5.41) is 0. The van der Waals surface area contributed by atoms with Gasteiger partial charge in [0, 0.05) is 18.9 Å². The van der Waals surface area contributed by atoms with Crippen molar-refractivity contribution in [3.8, 4) is 0 Å². The number of rotatable bonds is 4. The van der Waals surface area contributed by atoms with Crippen molar-refractivity contribution in [2.75, 3.05) is 6.61 Å². The highest BCUT2D eigenvalue weighted by molar-refractivity contribution is 5.81. The number of ketones is 1. The topological polar surface area (TPSA) is 26.3 Å². The lowest BCUT2D eigenvalue weighted by Gasteiger charge is -2.37. The van der Waals surface area contributed by atoms with E-state index in [-0.39, 0.29) is 5.60 Å². The molecule has 0 aromatic heterocycles. The van der Waals surface area contributed by atoms with E-state index in [4.69, 9.17) is 4.74 Å². The van der Waals surface area contributed by atoms with Crippen molar-refractivity contribution < 1.29 is 9.53 Å². The lowest BCUT2D eigenvalue weighted by atomic mass is 9.81. The molecule has 1 saturated heterocycles. The predicted molar refractivity (Wildman–Crippen MR) is 76.1 cm³/mol. The smallest absolute Gasteiger partial charge is 0.136 e. The molecule has 0 bridgehead atoms. The van der Waals surface area contributed by atoms with E-state index in [2.05, 4.69) is 0 Å². The third-order valence-electron chi connectivity index (χ3n) is 5.74. The quantitative estimate of drug-likeness (QED) is 0.758. The minimum absolute atomic E-state index is 0.103. The van der Waals surface area contributed by atoms with Crippen LogP contribution in [-0.4, -0.2) is 18.0 Å². The first-order valence-electron chi connectivity index (χ1n) is 8.44. The third-order valence-corrected chi connectivity index (χ3v) is 5.74. The van der Waals surface area contributed by atoms with Crippen molar-refractivity contribution in [2.45, 2.75) is 82.7 Å². The standard InChI is InChI=1S/C17H28O2/c18-16(8-7-14-5-1-2-6-14)15-9-12-19-17(13-15)10-3-4-11-17/h14-15H,1-13H2. The lowest BCUT2D eigenvalue weighted by molar-refractivity contribution is -0.136. The van der Waals surface area contributed by atoms with E-state index >= 15 is 0 Å². The molecule has 0 aromatic rings. The number of ether oxygens (including phenoxy) is 1. The first kappa shape index (κ1) is 13.6. The van der Waals surface area contributed by atoms with Gasteiger partial charge in [0.2, 0.25) is 0 Å².